The lowest BCUT2D eigenvalue weighted by Gasteiger charge is -2.28. The predicted octanol–water partition coefficient (Wildman–Crippen LogP) is 1.58. The van der Waals surface area contributed by atoms with E-state index in [0.29, 0.717) is 11.3 Å². The number of benzene rings is 1. The van der Waals surface area contributed by atoms with Gasteiger partial charge in [0.05, 0.1) is 25.2 Å². The Morgan fingerprint density at radius 1 is 1.23 bits per heavy atom. The number of thiophene rings is 1. The number of sulfonamides is 1. The van der Waals surface area contributed by atoms with Crippen molar-refractivity contribution in [2.75, 3.05) is 20.8 Å². The fourth-order valence-corrected chi connectivity index (χ4v) is 5.53. The lowest BCUT2D eigenvalue weighted by atomic mass is 10.1. The average molecular weight is 397 g/mol. The Morgan fingerprint density at radius 2 is 1.92 bits per heavy atom. The van der Waals surface area contributed by atoms with Gasteiger partial charge in [-0.25, -0.2) is 8.42 Å². The molecule has 0 saturated heterocycles. The highest BCUT2D eigenvalue weighted by Crippen LogP contribution is 2.34. The number of ether oxygens (including phenoxy) is 2. The van der Waals surface area contributed by atoms with Crippen molar-refractivity contribution in [3.63, 3.8) is 0 Å². The lowest BCUT2D eigenvalue weighted by molar-refractivity contribution is -0.145. The van der Waals surface area contributed by atoms with Crippen LogP contribution < -0.4 is 4.74 Å². The van der Waals surface area contributed by atoms with E-state index in [4.69, 9.17) is 9.47 Å². The number of esters is 1. The summed E-state index contributed by atoms with van der Waals surface area (Å²) in [5.74, 6) is -0.137. The minimum absolute atomic E-state index is 0.0182. The normalized spacial score (nSPS) is 20.9. The quantitative estimate of drug-likeness (QED) is 0.788. The number of aliphatic hydroxyl groups excluding tert-OH is 1. The van der Waals surface area contributed by atoms with Crippen molar-refractivity contribution in [2.45, 2.75) is 23.5 Å². The Balaban J connectivity index is 2.04. The zero-order chi connectivity index (χ0) is 18.9. The number of carbonyl (C=O) groups excluding carboxylic acids is 1. The zero-order valence-corrected chi connectivity index (χ0v) is 15.9. The van der Waals surface area contributed by atoms with E-state index >= 15 is 0 Å². The third-order valence-electron chi connectivity index (χ3n) is 4.36. The van der Waals surface area contributed by atoms with Crippen molar-refractivity contribution >= 4 is 27.3 Å². The number of β-amino-alcohol motifs (C(OH)–C–C–N with tert-alkyl or cyclic N) is 1. The number of methoxy groups -OCH3 is 2. The van der Waals surface area contributed by atoms with E-state index in [0.717, 1.165) is 9.18 Å². The monoisotopic (exact) mass is 397 g/mol. The van der Waals surface area contributed by atoms with Crippen LogP contribution in [0.1, 0.15) is 16.5 Å². The zero-order valence-electron chi connectivity index (χ0n) is 14.3. The van der Waals surface area contributed by atoms with Crippen LogP contribution in [-0.4, -0.2) is 50.6 Å². The number of carbonyl (C=O) groups is 1. The smallest absolute Gasteiger partial charge is 0.324 e. The van der Waals surface area contributed by atoms with E-state index < -0.39 is 28.1 Å². The highest BCUT2D eigenvalue weighted by molar-refractivity contribution is 7.89. The number of nitrogens with zero attached hydrogens (tertiary/aromatic N) is 1. The van der Waals surface area contributed by atoms with Gasteiger partial charge >= 0.3 is 5.97 Å². The number of hydrogen-bond donors (Lipinski definition) is 1. The molecule has 140 valence electrons. The molecule has 0 unspecified atom stereocenters. The Morgan fingerprint density at radius 3 is 2.54 bits per heavy atom. The fraction of sp³-hybridized carbons (Fsp3) is 0.353. The molecule has 7 nitrogen and oxygen atoms in total. The van der Waals surface area contributed by atoms with Gasteiger partial charge in [-0.2, -0.15) is 4.31 Å². The molecule has 1 N–H and O–H groups in total. The molecule has 1 aromatic heterocycles. The van der Waals surface area contributed by atoms with Gasteiger partial charge in [0.2, 0.25) is 10.0 Å². The van der Waals surface area contributed by atoms with Gasteiger partial charge in [0, 0.05) is 17.8 Å². The molecule has 1 aromatic carbocycles. The van der Waals surface area contributed by atoms with E-state index in [-0.39, 0.29) is 17.9 Å². The summed E-state index contributed by atoms with van der Waals surface area (Å²) in [7, 11) is -1.32. The molecule has 2 aromatic rings. The van der Waals surface area contributed by atoms with E-state index in [1.807, 2.05) is 5.38 Å². The first-order valence-electron chi connectivity index (χ1n) is 7.86. The third-order valence-corrected chi connectivity index (χ3v) is 7.21. The second-order valence-electron chi connectivity index (χ2n) is 5.81. The Kier molecular flexibility index (Phi) is 5.33. The summed E-state index contributed by atoms with van der Waals surface area (Å²) in [4.78, 5) is 13.1. The molecule has 0 radical (unpaired) electrons. The number of rotatable bonds is 4. The van der Waals surface area contributed by atoms with Crippen LogP contribution in [0.15, 0.2) is 40.6 Å². The molecular weight excluding hydrogens is 378 g/mol. The van der Waals surface area contributed by atoms with Crippen LogP contribution in [0.5, 0.6) is 5.75 Å². The van der Waals surface area contributed by atoms with E-state index in [1.165, 1.54) is 49.8 Å². The molecule has 2 heterocycles. The summed E-state index contributed by atoms with van der Waals surface area (Å²) in [5, 5.41) is 12.3. The average Bonchev–Trinajstić information content (AvgIpc) is 3.06. The van der Waals surface area contributed by atoms with Gasteiger partial charge in [0.25, 0.3) is 0 Å². The summed E-state index contributed by atoms with van der Waals surface area (Å²) in [6.07, 6.45) is -0.856. The third kappa shape index (κ3) is 3.35. The molecule has 0 bridgehead atoms. The van der Waals surface area contributed by atoms with E-state index in [1.54, 1.807) is 6.07 Å². The van der Waals surface area contributed by atoms with Crippen LogP contribution in [0.25, 0.3) is 0 Å². The Labute approximate surface area is 155 Å². The number of aliphatic hydroxyl groups is 1. The van der Waals surface area contributed by atoms with Crippen LogP contribution in [-0.2, 0) is 26.0 Å². The molecule has 1 aliphatic rings. The van der Waals surface area contributed by atoms with Gasteiger partial charge in [-0.1, -0.05) is 0 Å². The molecular formula is C17H19NO6S2. The molecule has 3 rings (SSSR count). The molecule has 0 saturated carbocycles. The van der Waals surface area contributed by atoms with Crippen molar-refractivity contribution in [2.24, 2.45) is 0 Å². The molecule has 0 fully saturated rings. The van der Waals surface area contributed by atoms with E-state index in [9.17, 15) is 18.3 Å². The van der Waals surface area contributed by atoms with Gasteiger partial charge in [0.1, 0.15) is 11.8 Å². The summed E-state index contributed by atoms with van der Waals surface area (Å²) in [6.45, 7) is -0.224. The highest BCUT2D eigenvalue weighted by Gasteiger charge is 2.41. The molecule has 9 heteroatoms. The van der Waals surface area contributed by atoms with Crippen LogP contribution >= 0.6 is 11.3 Å². The van der Waals surface area contributed by atoms with Crippen molar-refractivity contribution in [3.05, 3.63) is 46.2 Å². The summed E-state index contributed by atoms with van der Waals surface area (Å²) < 4.78 is 37.2. The van der Waals surface area contributed by atoms with Crippen LogP contribution in [0.4, 0.5) is 0 Å². The minimum atomic E-state index is -4.02. The van der Waals surface area contributed by atoms with Crippen LogP contribution in [0, 0.1) is 0 Å². The maximum atomic E-state index is 13.2. The predicted molar refractivity (Wildman–Crippen MR) is 95.7 cm³/mol. The lowest BCUT2D eigenvalue weighted by Crippen LogP contribution is -2.47. The van der Waals surface area contributed by atoms with Crippen LogP contribution in [0.2, 0.25) is 0 Å². The van der Waals surface area contributed by atoms with Crippen molar-refractivity contribution in [1.29, 1.82) is 0 Å². The molecule has 26 heavy (non-hydrogen) atoms. The first kappa shape index (κ1) is 18.8. The van der Waals surface area contributed by atoms with Gasteiger partial charge < -0.3 is 14.6 Å². The molecule has 0 amide bonds. The van der Waals surface area contributed by atoms with Gasteiger partial charge in [-0.15, -0.1) is 11.3 Å². The largest absolute Gasteiger partial charge is 0.497 e. The SMILES string of the molecule is COC(=O)[C@H]1Cc2sccc2[C@@H](O)CN1S(=O)(=O)c1ccc(OC)cc1. The second kappa shape index (κ2) is 7.36. The summed E-state index contributed by atoms with van der Waals surface area (Å²) >= 11 is 1.38. The summed E-state index contributed by atoms with van der Waals surface area (Å²) in [5.41, 5.74) is 0.649. The number of fused-ring (bicyclic) bond motifs is 1. The molecule has 0 aliphatic carbocycles. The van der Waals surface area contributed by atoms with Crippen molar-refractivity contribution in [3.8, 4) is 5.75 Å². The Bertz CT molecular complexity index is 890. The van der Waals surface area contributed by atoms with E-state index in [2.05, 4.69) is 0 Å². The topological polar surface area (TPSA) is 93.1 Å². The standard InChI is InChI=1S/C17H19NO6S2/c1-23-11-3-5-12(6-4-11)26(21,22)18-10-15(19)13-7-8-25-16(13)9-14(18)17(20)24-2/h3-8,14-15,19H,9-10H2,1-2H3/t14-,15+/m1/s1. The summed E-state index contributed by atoms with van der Waals surface area (Å²) in [6, 6.07) is 6.60. The van der Waals surface area contributed by atoms with Gasteiger partial charge in [-0.05, 0) is 41.3 Å². The first-order valence-corrected chi connectivity index (χ1v) is 10.2. The molecule has 2 atom stereocenters. The molecule has 1 aliphatic heterocycles. The highest BCUT2D eigenvalue weighted by atomic mass is 32.2. The fourth-order valence-electron chi connectivity index (χ4n) is 2.97. The molecule has 0 spiro atoms. The second-order valence-corrected chi connectivity index (χ2v) is 8.70. The first-order chi connectivity index (χ1) is 12.4. The van der Waals surface area contributed by atoms with Gasteiger partial charge in [-0.3, -0.25) is 4.79 Å². The van der Waals surface area contributed by atoms with Crippen molar-refractivity contribution in [1.82, 2.24) is 4.31 Å². The maximum absolute atomic E-state index is 13.2. The van der Waals surface area contributed by atoms with Crippen LogP contribution in [0.3, 0.4) is 0 Å². The minimum Gasteiger partial charge on any atom is -0.497 e. The Hall–Kier alpha value is -1.94. The van der Waals surface area contributed by atoms with Crippen molar-refractivity contribution < 1.29 is 27.8 Å². The number of hydrogen-bond acceptors (Lipinski definition) is 7. The van der Waals surface area contributed by atoms with Gasteiger partial charge in [0.15, 0.2) is 0 Å². The maximum Gasteiger partial charge on any atom is 0.324 e.